The average molecular weight is 258 g/mol. The maximum atomic E-state index is 10.1. The van der Waals surface area contributed by atoms with E-state index in [1.807, 2.05) is 19.1 Å². The molecule has 0 atom stereocenters. The minimum atomic E-state index is -0.795. The van der Waals surface area contributed by atoms with Crippen molar-refractivity contribution in [3.8, 4) is 11.5 Å². The maximum Gasteiger partial charge on any atom is 0.119 e. The molecule has 0 aliphatic heterocycles. The average Bonchev–Trinajstić information content (AvgIpc) is 2.44. The van der Waals surface area contributed by atoms with E-state index >= 15 is 0 Å². The van der Waals surface area contributed by atoms with E-state index < -0.39 is 5.41 Å². The Morgan fingerprint density at radius 1 is 0.842 bits per heavy atom. The van der Waals surface area contributed by atoms with Gasteiger partial charge in [0.1, 0.15) is 11.5 Å². The van der Waals surface area contributed by atoms with Gasteiger partial charge in [-0.05, 0) is 18.6 Å². The van der Waals surface area contributed by atoms with Crippen LogP contribution in [0.25, 0.3) is 0 Å². The van der Waals surface area contributed by atoms with Crippen molar-refractivity contribution in [2.24, 2.45) is 0 Å². The zero-order valence-electron chi connectivity index (χ0n) is 10.9. The van der Waals surface area contributed by atoms with Gasteiger partial charge in [0.05, 0.1) is 12.0 Å². The van der Waals surface area contributed by atoms with E-state index in [-0.39, 0.29) is 18.1 Å². The van der Waals surface area contributed by atoms with Crippen LogP contribution in [-0.2, 0) is 5.41 Å². The standard InChI is InChI=1S/C16H18O3/c1-2-16(11-17,12-7-3-5-9-14(12)18)13-8-4-6-10-15(13)19/h3-10,17-19H,2,11H2,1H3. The summed E-state index contributed by atoms with van der Waals surface area (Å²) in [6.07, 6.45) is 0.568. The van der Waals surface area contributed by atoms with E-state index in [0.29, 0.717) is 17.5 Å². The molecule has 3 nitrogen and oxygen atoms in total. The molecule has 0 aliphatic carbocycles. The lowest BCUT2D eigenvalue weighted by atomic mass is 9.72. The number of aromatic hydroxyl groups is 2. The Morgan fingerprint density at radius 2 is 1.26 bits per heavy atom. The predicted molar refractivity (Wildman–Crippen MR) is 74.4 cm³/mol. The molecule has 0 radical (unpaired) electrons. The van der Waals surface area contributed by atoms with Gasteiger partial charge in [0.2, 0.25) is 0 Å². The Hall–Kier alpha value is -2.00. The van der Waals surface area contributed by atoms with Crippen LogP contribution in [0.4, 0.5) is 0 Å². The number of rotatable bonds is 4. The van der Waals surface area contributed by atoms with Gasteiger partial charge in [-0.15, -0.1) is 0 Å². The predicted octanol–water partition coefficient (Wildman–Crippen LogP) is 2.79. The van der Waals surface area contributed by atoms with Gasteiger partial charge in [-0.3, -0.25) is 0 Å². The summed E-state index contributed by atoms with van der Waals surface area (Å²) in [6.45, 7) is 1.74. The van der Waals surface area contributed by atoms with E-state index in [9.17, 15) is 15.3 Å². The lowest BCUT2D eigenvalue weighted by Gasteiger charge is -2.33. The highest BCUT2D eigenvalue weighted by Crippen LogP contribution is 2.42. The van der Waals surface area contributed by atoms with Crippen LogP contribution in [0.5, 0.6) is 11.5 Å². The quantitative estimate of drug-likeness (QED) is 0.790. The molecule has 3 heteroatoms. The van der Waals surface area contributed by atoms with Gasteiger partial charge >= 0.3 is 0 Å². The zero-order valence-corrected chi connectivity index (χ0v) is 10.9. The van der Waals surface area contributed by atoms with E-state index in [0.717, 1.165) is 0 Å². The summed E-state index contributed by atoms with van der Waals surface area (Å²) in [6, 6.07) is 13.8. The summed E-state index contributed by atoms with van der Waals surface area (Å²) in [5.41, 5.74) is 0.458. The summed E-state index contributed by atoms with van der Waals surface area (Å²) in [4.78, 5) is 0. The molecule has 0 bridgehead atoms. The SMILES string of the molecule is CCC(CO)(c1ccccc1O)c1ccccc1O. The van der Waals surface area contributed by atoms with Gasteiger partial charge in [-0.2, -0.15) is 0 Å². The molecule has 0 amide bonds. The first-order valence-corrected chi connectivity index (χ1v) is 6.33. The van der Waals surface area contributed by atoms with E-state index in [4.69, 9.17) is 0 Å². The molecule has 2 aromatic carbocycles. The van der Waals surface area contributed by atoms with Crippen molar-refractivity contribution in [2.45, 2.75) is 18.8 Å². The highest BCUT2D eigenvalue weighted by Gasteiger charge is 2.36. The number of aliphatic hydroxyl groups is 1. The van der Waals surface area contributed by atoms with Crippen LogP contribution in [0.2, 0.25) is 0 Å². The minimum absolute atomic E-state index is 0.127. The number of phenols is 2. The molecule has 100 valence electrons. The van der Waals surface area contributed by atoms with E-state index in [1.165, 1.54) is 0 Å². The smallest absolute Gasteiger partial charge is 0.119 e. The highest BCUT2D eigenvalue weighted by atomic mass is 16.3. The Morgan fingerprint density at radius 3 is 1.58 bits per heavy atom. The van der Waals surface area contributed by atoms with Crippen molar-refractivity contribution >= 4 is 0 Å². The molecule has 0 spiro atoms. The fourth-order valence-corrected chi connectivity index (χ4v) is 2.56. The molecule has 0 saturated carbocycles. The fourth-order valence-electron chi connectivity index (χ4n) is 2.56. The van der Waals surface area contributed by atoms with Crippen molar-refractivity contribution in [1.82, 2.24) is 0 Å². The number of phenolic OH excluding ortho intramolecular Hbond substituents is 2. The Bertz CT molecular complexity index is 512. The maximum absolute atomic E-state index is 10.1. The molecule has 19 heavy (non-hydrogen) atoms. The molecule has 0 aromatic heterocycles. The summed E-state index contributed by atoms with van der Waals surface area (Å²) >= 11 is 0. The van der Waals surface area contributed by atoms with Crippen LogP contribution in [0.3, 0.4) is 0 Å². The first-order valence-electron chi connectivity index (χ1n) is 6.33. The highest BCUT2D eigenvalue weighted by molar-refractivity contribution is 5.51. The molecule has 2 rings (SSSR count). The van der Waals surface area contributed by atoms with Crippen molar-refractivity contribution in [3.63, 3.8) is 0 Å². The monoisotopic (exact) mass is 258 g/mol. The van der Waals surface area contributed by atoms with Crippen LogP contribution >= 0.6 is 0 Å². The third kappa shape index (κ3) is 2.17. The lowest BCUT2D eigenvalue weighted by molar-refractivity contribution is 0.209. The van der Waals surface area contributed by atoms with Crippen LogP contribution in [0.1, 0.15) is 24.5 Å². The third-order valence-electron chi connectivity index (χ3n) is 3.71. The topological polar surface area (TPSA) is 60.7 Å². The van der Waals surface area contributed by atoms with E-state index in [1.54, 1.807) is 36.4 Å². The fraction of sp³-hybridized carbons (Fsp3) is 0.250. The first kappa shape index (κ1) is 13.4. The van der Waals surface area contributed by atoms with Gasteiger partial charge in [-0.1, -0.05) is 43.3 Å². The van der Waals surface area contributed by atoms with Crippen LogP contribution in [0.15, 0.2) is 48.5 Å². The second-order valence-corrected chi connectivity index (χ2v) is 4.63. The van der Waals surface area contributed by atoms with Gasteiger partial charge < -0.3 is 15.3 Å². The largest absolute Gasteiger partial charge is 0.508 e. The van der Waals surface area contributed by atoms with Crippen molar-refractivity contribution < 1.29 is 15.3 Å². The molecule has 0 unspecified atom stereocenters. The minimum Gasteiger partial charge on any atom is -0.508 e. The molecule has 2 aromatic rings. The normalized spacial score (nSPS) is 11.5. The lowest BCUT2D eigenvalue weighted by Crippen LogP contribution is -2.31. The summed E-state index contributed by atoms with van der Waals surface area (Å²) < 4.78 is 0. The molecular weight excluding hydrogens is 240 g/mol. The number of aliphatic hydroxyl groups excluding tert-OH is 1. The second kappa shape index (κ2) is 5.33. The molecule has 0 aliphatic rings. The summed E-state index contributed by atoms with van der Waals surface area (Å²) in [7, 11) is 0. The molecular formula is C16H18O3. The van der Waals surface area contributed by atoms with Gasteiger partial charge in [-0.25, -0.2) is 0 Å². The van der Waals surface area contributed by atoms with Gasteiger partial charge in [0.15, 0.2) is 0 Å². The first-order chi connectivity index (χ1) is 9.15. The van der Waals surface area contributed by atoms with Crippen molar-refractivity contribution in [2.75, 3.05) is 6.61 Å². The zero-order chi connectivity index (χ0) is 13.9. The van der Waals surface area contributed by atoms with E-state index in [2.05, 4.69) is 0 Å². The number of hydrogen-bond donors (Lipinski definition) is 3. The molecule has 0 saturated heterocycles. The Balaban J connectivity index is 2.69. The third-order valence-corrected chi connectivity index (χ3v) is 3.71. The number of hydrogen-bond acceptors (Lipinski definition) is 3. The number of para-hydroxylation sites is 2. The van der Waals surface area contributed by atoms with Gasteiger partial charge in [0, 0.05) is 11.1 Å². The van der Waals surface area contributed by atoms with Crippen molar-refractivity contribution in [1.29, 1.82) is 0 Å². The summed E-state index contributed by atoms with van der Waals surface area (Å²) in [5.74, 6) is 0.253. The van der Waals surface area contributed by atoms with Crippen LogP contribution in [0, 0.1) is 0 Å². The van der Waals surface area contributed by atoms with Crippen LogP contribution < -0.4 is 0 Å². The molecule has 3 N–H and O–H groups in total. The number of benzene rings is 2. The Kier molecular flexibility index (Phi) is 3.76. The summed E-state index contributed by atoms with van der Waals surface area (Å²) in [5, 5.41) is 30.0. The van der Waals surface area contributed by atoms with Crippen molar-refractivity contribution in [3.05, 3.63) is 59.7 Å². The molecule has 0 fully saturated rings. The molecule has 0 heterocycles. The second-order valence-electron chi connectivity index (χ2n) is 4.63. The Labute approximate surface area is 112 Å². The van der Waals surface area contributed by atoms with Crippen LogP contribution in [-0.4, -0.2) is 21.9 Å². The van der Waals surface area contributed by atoms with Gasteiger partial charge in [0.25, 0.3) is 0 Å².